The summed E-state index contributed by atoms with van der Waals surface area (Å²) < 4.78 is 38.1. The minimum absolute atomic E-state index is 0.0826. The van der Waals surface area contributed by atoms with Crippen molar-refractivity contribution in [1.82, 2.24) is 4.31 Å². The molecule has 2 aromatic rings. The van der Waals surface area contributed by atoms with Gasteiger partial charge in [-0.1, -0.05) is 19.9 Å². The summed E-state index contributed by atoms with van der Waals surface area (Å²) in [4.78, 5) is 24.4. The van der Waals surface area contributed by atoms with Crippen LogP contribution in [0.15, 0.2) is 41.3 Å². The van der Waals surface area contributed by atoms with Crippen LogP contribution in [-0.4, -0.2) is 44.2 Å². The van der Waals surface area contributed by atoms with E-state index in [1.165, 1.54) is 23.4 Å². The molecule has 0 radical (unpaired) electrons. The maximum atomic E-state index is 12.9. The van der Waals surface area contributed by atoms with E-state index in [4.69, 9.17) is 9.47 Å². The molecular formula is C23H29NO6S. The summed E-state index contributed by atoms with van der Waals surface area (Å²) in [6, 6.07) is 9.43. The van der Waals surface area contributed by atoms with Gasteiger partial charge in [0.25, 0.3) is 0 Å². The van der Waals surface area contributed by atoms with Crippen LogP contribution in [0.25, 0.3) is 0 Å². The lowest BCUT2D eigenvalue weighted by Gasteiger charge is -2.20. The van der Waals surface area contributed by atoms with Crippen molar-refractivity contribution >= 4 is 21.8 Å². The average Bonchev–Trinajstić information content (AvgIpc) is 2.73. The van der Waals surface area contributed by atoms with Crippen molar-refractivity contribution in [2.24, 2.45) is 0 Å². The molecule has 0 unspecified atom stereocenters. The molecule has 0 saturated carbocycles. The molecule has 168 valence electrons. The number of carbonyl (C=O) groups is 2. The van der Waals surface area contributed by atoms with Gasteiger partial charge in [-0.3, -0.25) is 4.79 Å². The maximum Gasteiger partial charge on any atom is 0.338 e. The standard InChI is InChI=1S/C23H29NO6S/c1-6-24(7-2)31(27,28)22-14-19(10-9-16(22)4)23(26)30-15-20-13-18(17(5)25)11-12-21(20)29-8-3/h9-14H,6-8,15H2,1-5H3. The van der Waals surface area contributed by atoms with Crippen molar-refractivity contribution in [3.8, 4) is 5.75 Å². The van der Waals surface area contributed by atoms with Crippen molar-refractivity contribution in [2.45, 2.75) is 46.1 Å². The van der Waals surface area contributed by atoms with E-state index in [1.807, 2.05) is 6.92 Å². The van der Waals surface area contributed by atoms with E-state index in [2.05, 4.69) is 0 Å². The van der Waals surface area contributed by atoms with Crippen molar-refractivity contribution in [1.29, 1.82) is 0 Å². The molecule has 0 atom stereocenters. The third-order valence-corrected chi connectivity index (χ3v) is 7.06. The molecule has 0 amide bonds. The summed E-state index contributed by atoms with van der Waals surface area (Å²) in [7, 11) is -3.72. The molecule has 0 aromatic heterocycles. The number of benzene rings is 2. The Balaban J connectivity index is 2.30. The molecule has 0 aliphatic carbocycles. The summed E-state index contributed by atoms with van der Waals surface area (Å²) in [5.41, 5.74) is 1.73. The van der Waals surface area contributed by atoms with Gasteiger partial charge in [0.15, 0.2) is 5.78 Å². The molecule has 7 nitrogen and oxygen atoms in total. The zero-order valence-corrected chi connectivity index (χ0v) is 19.4. The normalized spacial score (nSPS) is 11.4. The summed E-state index contributed by atoms with van der Waals surface area (Å²) in [6.45, 7) is 9.48. The second-order valence-corrected chi connectivity index (χ2v) is 8.86. The lowest BCUT2D eigenvalue weighted by molar-refractivity contribution is 0.0469. The molecule has 0 bridgehead atoms. The second kappa shape index (κ2) is 10.5. The van der Waals surface area contributed by atoms with Gasteiger partial charge in [0, 0.05) is 24.2 Å². The van der Waals surface area contributed by atoms with Crippen molar-refractivity contribution in [3.05, 3.63) is 58.7 Å². The Kier molecular flexibility index (Phi) is 8.36. The van der Waals surface area contributed by atoms with E-state index in [9.17, 15) is 18.0 Å². The molecule has 31 heavy (non-hydrogen) atoms. The van der Waals surface area contributed by atoms with Crippen LogP contribution in [0.3, 0.4) is 0 Å². The smallest absolute Gasteiger partial charge is 0.338 e. The predicted octanol–water partition coefficient (Wildman–Crippen LogP) is 3.98. The third kappa shape index (κ3) is 5.71. The molecule has 0 fully saturated rings. The van der Waals surface area contributed by atoms with Crippen LogP contribution in [0.5, 0.6) is 5.75 Å². The fourth-order valence-corrected chi connectivity index (χ4v) is 4.85. The quantitative estimate of drug-likeness (QED) is 0.404. The molecule has 0 aliphatic rings. The molecule has 0 heterocycles. The van der Waals surface area contributed by atoms with Gasteiger partial charge >= 0.3 is 5.97 Å². The molecule has 0 saturated heterocycles. The molecule has 0 aliphatic heterocycles. The first kappa shape index (κ1) is 24.6. The van der Waals surface area contributed by atoms with Crippen molar-refractivity contribution < 1.29 is 27.5 Å². The van der Waals surface area contributed by atoms with Crippen LogP contribution >= 0.6 is 0 Å². The van der Waals surface area contributed by atoms with Crippen LogP contribution < -0.4 is 4.74 Å². The van der Waals surface area contributed by atoms with Crippen LogP contribution in [0.1, 0.15) is 59.5 Å². The Morgan fingerprint density at radius 1 is 0.968 bits per heavy atom. The van der Waals surface area contributed by atoms with Gasteiger partial charge < -0.3 is 9.47 Å². The van der Waals surface area contributed by atoms with E-state index in [0.29, 0.717) is 42.1 Å². The summed E-state index contributed by atoms with van der Waals surface area (Å²) in [6.07, 6.45) is 0. The van der Waals surface area contributed by atoms with E-state index in [1.54, 1.807) is 45.0 Å². The number of ether oxygens (including phenoxy) is 2. The van der Waals surface area contributed by atoms with Gasteiger partial charge in [0.05, 0.1) is 17.1 Å². The minimum Gasteiger partial charge on any atom is -0.493 e. The van der Waals surface area contributed by atoms with Crippen LogP contribution in [0.4, 0.5) is 0 Å². The van der Waals surface area contributed by atoms with Crippen LogP contribution in [-0.2, 0) is 21.4 Å². The number of Topliss-reactive ketones (excluding diaryl/α,β-unsaturated/α-hetero) is 1. The Bertz CT molecular complexity index is 1060. The van der Waals surface area contributed by atoms with E-state index < -0.39 is 16.0 Å². The Labute approximate surface area is 184 Å². The van der Waals surface area contributed by atoms with E-state index in [-0.39, 0.29) is 22.8 Å². The fourth-order valence-electron chi connectivity index (χ4n) is 3.14. The highest BCUT2D eigenvalue weighted by atomic mass is 32.2. The van der Waals surface area contributed by atoms with Gasteiger partial charge in [-0.25, -0.2) is 13.2 Å². The number of nitrogens with zero attached hydrogens (tertiary/aromatic N) is 1. The molecule has 2 aromatic carbocycles. The number of hydrogen-bond acceptors (Lipinski definition) is 6. The van der Waals surface area contributed by atoms with Gasteiger partial charge in [0.2, 0.25) is 10.0 Å². The molecular weight excluding hydrogens is 418 g/mol. The number of ketones is 1. The van der Waals surface area contributed by atoms with Crippen molar-refractivity contribution in [2.75, 3.05) is 19.7 Å². The van der Waals surface area contributed by atoms with Gasteiger partial charge in [-0.15, -0.1) is 0 Å². The highest BCUT2D eigenvalue weighted by Crippen LogP contribution is 2.24. The maximum absolute atomic E-state index is 12.9. The average molecular weight is 448 g/mol. The predicted molar refractivity (Wildman–Crippen MR) is 118 cm³/mol. The zero-order valence-electron chi connectivity index (χ0n) is 18.6. The lowest BCUT2D eigenvalue weighted by Crippen LogP contribution is -2.31. The summed E-state index contributed by atoms with van der Waals surface area (Å²) in [5, 5.41) is 0. The summed E-state index contributed by atoms with van der Waals surface area (Å²) in [5.74, 6) is -0.249. The highest BCUT2D eigenvalue weighted by molar-refractivity contribution is 7.89. The van der Waals surface area contributed by atoms with Gasteiger partial charge in [-0.2, -0.15) is 4.31 Å². The first-order valence-corrected chi connectivity index (χ1v) is 11.6. The number of hydrogen-bond donors (Lipinski definition) is 0. The highest BCUT2D eigenvalue weighted by Gasteiger charge is 2.25. The first-order chi connectivity index (χ1) is 14.6. The monoisotopic (exact) mass is 447 g/mol. The van der Waals surface area contributed by atoms with Crippen molar-refractivity contribution in [3.63, 3.8) is 0 Å². The van der Waals surface area contributed by atoms with Gasteiger partial charge in [-0.05, 0) is 56.7 Å². The number of sulfonamides is 1. The Hall–Kier alpha value is -2.71. The lowest BCUT2D eigenvalue weighted by atomic mass is 10.1. The van der Waals surface area contributed by atoms with E-state index in [0.717, 1.165) is 0 Å². The van der Waals surface area contributed by atoms with Gasteiger partial charge in [0.1, 0.15) is 12.4 Å². The molecule has 0 spiro atoms. The number of rotatable bonds is 10. The van der Waals surface area contributed by atoms with Crippen LogP contribution in [0.2, 0.25) is 0 Å². The summed E-state index contributed by atoms with van der Waals surface area (Å²) >= 11 is 0. The third-order valence-electron chi connectivity index (χ3n) is 4.87. The molecule has 0 N–H and O–H groups in total. The number of esters is 1. The topological polar surface area (TPSA) is 90.0 Å². The molecule has 2 rings (SSSR count). The second-order valence-electron chi connectivity index (χ2n) is 6.96. The molecule has 8 heteroatoms. The number of aryl methyl sites for hydroxylation is 1. The number of carbonyl (C=O) groups excluding carboxylic acids is 2. The first-order valence-electron chi connectivity index (χ1n) is 10.2. The minimum atomic E-state index is -3.72. The SMILES string of the molecule is CCOc1ccc(C(C)=O)cc1COC(=O)c1ccc(C)c(S(=O)(=O)N(CC)CC)c1. The zero-order chi connectivity index (χ0) is 23.2. The Morgan fingerprint density at radius 2 is 1.61 bits per heavy atom. The Morgan fingerprint density at radius 3 is 2.19 bits per heavy atom. The largest absolute Gasteiger partial charge is 0.493 e. The van der Waals surface area contributed by atoms with E-state index >= 15 is 0 Å². The van der Waals surface area contributed by atoms with Crippen LogP contribution in [0, 0.1) is 6.92 Å². The fraction of sp³-hybridized carbons (Fsp3) is 0.391.